The lowest BCUT2D eigenvalue weighted by atomic mass is 10.4. The first-order valence-electron chi connectivity index (χ1n) is 3.60. The molecule has 0 bridgehead atoms. The first-order chi connectivity index (χ1) is 5.72. The molecular formula is C7H11N3OS. The molecule has 4 nitrogen and oxygen atoms in total. The highest BCUT2D eigenvalue weighted by molar-refractivity contribution is 7.80. The van der Waals surface area contributed by atoms with E-state index < -0.39 is 0 Å². The minimum atomic E-state index is 0.594. The smallest absolute Gasteiger partial charge is 0.166 e. The Balaban J connectivity index is 2.38. The molecule has 5 heteroatoms. The summed E-state index contributed by atoms with van der Waals surface area (Å²) in [5, 5.41) is 10.2. The van der Waals surface area contributed by atoms with Crippen LogP contribution in [0, 0.1) is 6.92 Å². The van der Waals surface area contributed by atoms with Crippen LogP contribution < -0.4 is 10.6 Å². The topological polar surface area (TPSA) is 50.1 Å². The van der Waals surface area contributed by atoms with Crippen LogP contribution >= 0.6 is 12.2 Å². The van der Waals surface area contributed by atoms with Crippen LogP contribution in [0.1, 0.15) is 11.5 Å². The Morgan fingerprint density at radius 1 is 1.75 bits per heavy atom. The Kier molecular flexibility index (Phi) is 3.04. The summed E-state index contributed by atoms with van der Waals surface area (Å²) in [6.07, 6.45) is 0. The highest BCUT2D eigenvalue weighted by Crippen LogP contribution is 1.99. The lowest BCUT2D eigenvalue weighted by Gasteiger charge is -2.02. The van der Waals surface area contributed by atoms with Crippen LogP contribution in [0.5, 0.6) is 0 Å². The van der Waals surface area contributed by atoms with Gasteiger partial charge in [-0.05, 0) is 19.1 Å². The van der Waals surface area contributed by atoms with Crippen molar-refractivity contribution in [1.29, 1.82) is 0 Å². The average molecular weight is 185 g/mol. The normalized spacial score (nSPS) is 9.50. The van der Waals surface area contributed by atoms with Crippen molar-refractivity contribution in [2.75, 3.05) is 7.05 Å². The maximum Gasteiger partial charge on any atom is 0.166 e. The van der Waals surface area contributed by atoms with Crippen molar-refractivity contribution in [2.45, 2.75) is 13.5 Å². The van der Waals surface area contributed by atoms with Crippen LogP contribution in [-0.4, -0.2) is 17.3 Å². The second-order valence-corrected chi connectivity index (χ2v) is 2.77. The van der Waals surface area contributed by atoms with Gasteiger partial charge < -0.3 is 15.2 Å². The molecule has 66 valence electrons. The second-order valence-electron chi connectivity index (χ2n) is 2.36. The van der Waals surface area contributed by atoms with Gasteiger partial charge >= 0.3 is 0 Å². The third-order valence-electron chi connectivity index (χ3n) is 1.33. The van der Waals surface area contributed by atoms with E-state index in [9.17, 15) is 0 Å². The Labute approximate surface area is 76.3 Å². The number of nitrogens with one attached hydrogen (secondary N) is 2. The highest BCUT2D eigenvalue weighted by atomic mass is 32.1. The molecule has 0 fully saturated rings. The maximum absolute atomic E-state index is 4.88. The van der Waals surface area contributed by atoms with Crippen LogP contribution in [0.25, 0.3) is 0 Å². The van der Waals surface area contributed by atoms with E-state index in [1.54, 1.807) is 7.05 Å². The maximum atomic E-state index is 4.88. The van der Waals surface area contributed by atoms with Crippen LogP contribution in [0.4, 0.5) is 0 Å². The van der Waals surface area contributed by atoms with Crippen molar-refractivity contribution in [3.63, 3.8) is 0 Å². The molecule has 0 unspecified atom stereocenters. The lowest BCUT2D eigenvalue weighted by Crippen LogP contribution is -2.31. The SMILES string of the molecule is CNC(=S)NCc1cc(C)on1. The number of nitrogens with zero attached hydrogens (tertiary/aromatic N) is 1. The van der Waals surface area contributed by atoms with Gasteiger partial charge in [-0.2, -0.15) is 0 Å². The summed E-state index contributed by atoms with van der Waals surface area (Å²) in [6.45, 7) is 2.45. The number of hydrogen-bond donors (Lipinski definition) is 2. The molecule has 0 saturated carbocycles. The van der Waals surface area contributed by atoms with E-state index in [0.29, 0.717) is 11.7 Å². The zero-order valence-electron chi connectivity index (χ0n) is 7.05. The van der Waals surface area contributed by atoms with Crippen molar-refractivity contribution in [3.8, 4) is 0 Å². The Morgan fingerprint density at radius 3 is 3.00 bits per heavy atom. The zero-order chi connectivity index (χ0) is 8.97. The van der Waals surface area contributed by atoms with E-state index in [2.05, 4.69) is 15.8 Å². The van der Waals surface area contributed by atoms with Gasteiger partial charge in [0.25, 0.3) is 0 Å². The van der Waals surface area contributed by atoms with E-state index in [4.69, 9.17) is 16.7 Å². The summed E-state index contributed by atoms with van der Waals surface area (Å²) in [7, 11) is 1.77. The molecule has 2 N–H and O–H groups in total. The average Bonchev–Trinajstić information content (AvgIpc) is 2.47. The Morgan fingerprint density at radius 2 is 2.50 bits per heavy atom. The second kappa shape index (κ2) is 4.06. The number of rotatable bonds is 2. The fourth-order valence-corrected chi connectivity index (χ4v) is 0.833. The molecule has 0 aliphatic rings. The van der Waals surface area contributed by atoms with Crippen LogP contribution in [0.3, 0.4) is 0 Å². The largest absolute Gasteiger partial charge is 0.366 e. The van der Waals surface area contributed by atoms with Gasteiger partial charge in [0.2, 0.25) is 0 Å². The van der Waals surface area contributed by atoms with Crippen molar-refractivity contribution in [2.24, 2.45) is 0 Å². The van der Waals surface area contributed by atoms with Gasteiger partial charge in [0, 0.05) is 13.1 Å². The van der Waals surface area contributed by atoms with Crippen molar-refractivity contribution < 1.29 is 4.52 Å². The van der Waals surface area contributed by atoms with Gasteiger partial charge in [-0.25, -0.2) is 0 Å². The van der Waals surface area contributed by atoms with Gasteiger partial charge in [0.1, 0.15) is 11.5 Å². The Hall–Kier alpha value is -1.10. The number of aryl methyl sites for hydroxylation is 1. The molecule has 0 aliphatic heterocycles. The third kappa shape index (κ3) is 2.50. The van der Waals surface area contributed by atoms with Gasteiger partial charge in [-0.15, -0.1) is 0 Å². The molecule has 1 heterocycles. The van der Waals surface area contributed by atoms with E-state index in [1.807, 2.05) is 13.0 Å². The molecule has 0 spiro atoms. The molecule has 1 aromatic rings. The molecule has 0 aromatic carbocycles. The standard InChI is InChI=1S/C7H11N3OS/c1-5-3-6(10-11-5)4-9-7(12)8-2/h3H,4H2,1-2H3,(H2,8,9,12). The third-order valence-corrected chi connectivity index (χ3v) is 1.68. The molecule has 0 amide bonds. The molecule has 1 aromatic heterocycles. The highest BCUT2D eigenvalue weighted by Gasteiger charge is 1.99. The first-order valence-corrected chi connectivity index (χ1v) is 4.01. The molecule has 1 rings (SSSR count). The van der Waals surface area contributed by atoms with Crippen molar-refractivity contribution in [3.05, 3.63) is 17.5 Å². The molecule has 0 atom stereocenters. The monoisotopic (exact) mass is 185 g/mol. The predicted octanol–water partition coefficient (Wildman–Crippen LogP) is 0.577. The summed E-state index contributed by atoms with van der Waals surface area (Å²) < 4.78 is 4.88. The van der Waals surface area contributed by atoms with Gasteiger partial charge in [-0.1, -0.05) is 5.16 Å². The minimum absolute atomic E-state index is 0.594. The number of aromatic nitrogens is 1. The van der Waals surface area contributed by atoms with Crippen molar-refractivity contribution >= 4 is 17.3 Å². The Bertz CT molecular complexity index is 271. The van der Waals surface area contributed by atoms with Crippen LogP contribution in [0.2, 0.25) is 0 Å². The van der Waals surface area contributed by atoms with Crippen LogP contribution in [-0.2, 0) is 6.54 Å². The van der Waals surface area contributed by atoms with Gasteiger partial charge in [-0.3, -0.25) is 0 Å². The fourth-order valence-electron chi connectivity index (χ4n) is 0.760. The fraction of sp³-hybridized carbons (Fsp3) is 0.429. The lowest BCUT2D eigenvalue weighted by molar-refractivity contribution is 0.390. The van der Waals surface area contributed by atoms with E-state index in [1.165, 1.54) is 0 Å². The minimum Gasteiger partial charge on any atom is -0.366 e. The zero-order valence-corrected chi connectivity index (χ0v) is 7.86. The molecular weight excluding hydrogens is 174 g/mol. The van der Waals surface area contributed by atoms with Crippen molar-refractivity contribution in [1.82, 2.24) is 15.8 Å². The van der Waals surface area contributed by atoms with E-state index in [-0.39, 0.29) is 0 Å². The quantitative estimate of drug-likeness (QED) is 0.660. The number of thiocarbonyl (C=S) groups is 1. The van der Waals surface area contributed by atoms with Gasteiger partial charge in [0.15, 0.2) is 5.11 Å². The summed E-state index contributed by atoms with van der Waals surface area (Å²) in [5.74, 6) is 0.808. The molecule has 0 aliphatic carbocycles. The first kappa shape index (κ1) is 8.99. The summed E-state index contributed by atoms with van der Waals surface area (Å²) in [5.41, 5.74) is 0.852. The molecule has 0 saturated heterocycles. The van der Waals surface area contributed by atoms with Gasteiger partial charge in [0.05, 0.1) is 6.54 Å². The molecule has 12 heavy (non-hydrogen) atoms. The molecule has 0 radical (unpaired) electrons. The number of hydrogen-bond acceptors (Lipinski definition) is 3. The van der Waals surface area contributed by atoms with E-state index >= 15 is 0 Å². The summed E-state index contributed by atoms with van der Waals surface area (Å²) >= 11 is 4.88. The summed E-state index contributed by atoms with van der Waals surface area (Å²) in [4.78, 5) is 0. The van der Waals surface area contributed by atoms with E-state index in [0.717, 1.165) is 11.5 Å². The summed E-state index contributed by atoms with van der Waals surface area (Å²) in [6, 6.07) is 1.87. The van der Waals surface area contributed by atoms with Crippen LogP contribution in [0.15, 0.2) is 10.6 Å². The predicted molar refractivity (Wildman–Crippen MR) is 49.7 cm³/mol.